The zero-order chi connectivity index (χ0) is 11.9. The molecule has 1 saturated heterocycles. The van der Waals surface area contributed by atoms with Crippen LogP contribution in [0.2, 0.25) is 0 Å². The second-order valence-corrected chi connectivity index (χ2v) is 3.71. The molecule has 1 heterocycles. The van der Waals surface area contributed by atoms with Crippen LogP contribution in [0.1, 0.15) is 12.8 Å². The zero-order valence-electron chi connectivity index (χ0n) is 10.2. The summed E-state index contributed by atoms with van der Waals surface area (Å²) in [5, 5.41) is 0. The van der Waals surface area contributed by atoms with E-state index in [0.717, 1.165) is 13.0 Å². The van der Waals surface area contributed by atoms with Crippen LogP contribution in [0.25, 0.3) is 0 Å². The minimum absolute atomic E-state index is 0.320. The van der Waals surface area contributed by atoms with Crippen molar-refractivity contribution < 1.29 is 23.7 Å². The summed E-state index contributed by atoms with van der Waals surface area (Å²) in [6.45, 7) is 3.74. The van der Waals surface area contributed by atoms with Crippen LogP contribution >= 0.6 is 0 Å². The van der Waals surface area contributed by atoms with Gasteiger partial charge in [0, 0.05) is 34.4 Å². The number of epoxide rings is 1. The standard InChI is InChI=1S/C11H21O5/c1-12-9-11(13-2,14-3)5-4-6-15-7-10-8-16-10/h9-10H,4-8H2,1-3H3. The topological polar surface area (TPSA) is 49.5 Å². The van der Waals surface area contributed by atoms with Crippen LogP contribution in [0, 0.1) is 6.61 Å². The average molecular weight is 233 g/mol. The Morgan fingerprint density at radius 2 is 2.00 bits per heavy atom. The first-order chi connectivity index (χ1) is 7.76. The first-order valence-corrected chi connectivity index (χ1v) is 5.43. The van der Waals surface area contributed by atoms with Gasteiger partial charge in [0.2, 0.25) is 0 Å². The Labute approximate surface area is 97.0 Å². The molecule has 0 aromatic carbocycles. The zero-order valence-corrected chi connectivity index (χ0v) is 10.2. The molecule has 0 N–H and O–H groups in total. The van der Waals surface area contributed by atoms with E-state index in [-0.39, 0.29) is 0 Å². The van der Waals surface area contributed by atoms with E-state index in [1.807, 2.05) is 0 Å². The fourth-order valence-electron chi connectivity index (χ4n) is 1.42. The van der Waals surface area contributed by atoms with E-state index in [4.69, 9.17) is 23.7 Å². The van der Waals surface area contributed by atoms with Crippen LogP contribution < -0.4 is 0 Å². The van der Waals surface area contributed by atoms with Gasteiger partial charge in [0.25, 0.3) is 0 Å². The Morgan fingerprint density at radius 1 is 1.31 bits per heavy atom. The summed E-state index contributed by atoms with van der Waals surface area (Å²) in [7, 11) is 4.77. The lowest BCUT2D eigenvalue weighted by atomic mass is 10.1. The third-order valence-electron chi connectivity index (χ3n) is 2.51. The molecule has 1 radical (unpaired) electrons. The number of hydrogen-bond acceptors (Lipinski definition) is 5. The summed E-state index contributed by atoms with van der Waals surface area (Å²) in [6, 6.07) is 0. The Hall–Kier alpha value is -0.200. The Bertz CT molecular complexity index is 177. The van der Waals surface area contributed by atoms with Crippen LogP contribution in [0.15, 0.2) is 0 Å². The van der Waals surface area contributed by atoms with Crippen molar-refractivity contribution in [3.8, 4) is 0 Å². The molecule has 1 aliphatic heterocycles. The van der Waals surface area contributed by atoms with Crippen molar-refractivity contribution in [2.24, 2.45) is 0 Å². The highest BCUT2D eigenvalue weighted by atomic mass is 16.7. The Morgan fingerprint density at radius 3 is 2.50 bits per heavy atom. The molecule has 95 valence electrons. The summed E-state index contributed by atoms with van der Waals surface area (Å²) < 4.78 is 26.0. The van der Waals surface area contributed by atoms with Gasteiger partial charge in [-0.1, -0.05) is 0 Å². The van der Waals surface area contributed by atoms with Crippen molar-refractivity contribution in [1.82, 2.24) is 0 Å². The summed E-state index contributed by atoms with van der Waals surface area (Å²) in [5.41, 5.74) is 0. The van der Waals surface area contributed by atoms with E-state index in [1.54, 1.807) is 27.9 Å². The van der Waals surface area contributed by atoms with Crippen LogP contribution in [0.3, 0.4) is 0 Å². The monoisotopic (exact) mass is 233 g/mol. The highest BCUT2D eigenvalue weighted by Gasteiger charge is 2.30. The van der Waals surface area contributed by atoms with Gasteiger partial charge >= 0.3 is 0 Å². The third-order valence-corrected chi connectivity index (χ3v) is 2.51. The highest BCUT2D eigenvalue weighted by Crippen LogP contribution is 2.22. The SMILES string of the molecule is CO[CH]C(CCCOCC1CO1)(OC)OC. The fraction of sp³-hybridized carbons (Fsp3) is 0.909. The molecule has 0 bridgehead atoms. The molecule has 0 spiro atoms. The van der Waals surface area contributed by atoms with Crippen LogP contribution in [0.5, 0.6) is 0 Å². The smallest absolute Gasteiger partial charge is 0.197 e. The van der Waals surface area contributed by atoms with Crippen molar-refractivity contribution >= 4 is 0 Å². The largest absolute Gasteiger partial charge is 0.379 e. The lowest BCUT2D eigenvalue weighted by molar-refractivity contribution is -0.211. The fourth-order valence-corrected chi connectivity index (χ4v) is 1.42. The van der Waals surface area contributed by atoms with E-state index in [1.165, 1.54) is 0 Å². The number of hydrogen-bond donors (Lipinski definition) is 0. The maximum Gasteiger partial charge on any atom is 0.197 e. The average Bonchev–Trinajstić information content (AvgIpc) is 3.11. The number of methoxy groups -OCH3 is 3. The second-order valence-electron chi connectivity index (χ2n) is 3.71. The van der Waals surface area contributed by atoms with E-state index in [9.17, 15) is 0 Å². The molecule has 16 heavy (non-hydrogen) atoms. The van der Waals surface area contributed by atoms with E-state index < -0.39 is 5.79 Å². The molecule has 0 amide bonds. The molecule has 1 fully saturated rings. The molecular formula is C11H21O5. The maximum absolute atomic E-state index is 5.43. The van der Waals surface area contributed by atoms with Gasteiger partial charge < -0.3 is 23.7 Å². The summed E-state index contributed by atoms with van der Waals surface area (Å²) in [5.74, 6) is -0.770. The van der Waals surface area contributed by atoms with Gasteiger partial charge in [-0.3, -0.25) is 0 Å². The van der Waals surface area contributed by atoms with Gasteiger partial charge in [0.1, 0.15) is 12.7 Å². The third kappa shape index (κ3) is 4.76. The molecule has 0 aliphatic carbocycles. The lowest BCUT2D eigenvalue weighted by Crippen LogP contribution is -2.35. The van der Waals surface area contributed by atoms with Crippen molar-refractivity contribution in [2.45, 2.75) is 24.7 Å². The summed E-state index contributed by atoms with van der Waals surface area (Å²) in [6.07, 6.45) is 1.85. The van der Waals surface area contributed by atoms with Crippen LogP contribution in [0.4, 0.5) is 0 Å². The highest BCUT2D eigenvalue weighted by molar-refractivity contribution is 4.78. The van der Waals surface area contributed by atoms with E-state index in [0.29, 0.717) is 25.7 Å². The minimum Gasteiger partial charge on any atom is -0.379 e. The van der Waals surface area contributed by atoms with Gasteiger partial charge in [-0.25, -0.2) is 0 Å². The second kappa shape index (κ2) is 7.19. The molecule has 5 heteroatoms. The molecule has 1 rings (SSSR count). The van der Waals surface area contributed by atoms with Gasteiger partial charge in [-0.2, -0.15) is 0 Å². The summed E-state index contributed by atoms with van der Waals surface area (Å²) in [4.78, 5) is 0. The Kier molecular flexibility index (Phi) is 6.23. The normalized spacial score (nSPS) is 20.1. The van der Waals surface area contributed by atoms with E-state index in [2.05, 4.69) is 0 Å². The molecule has 1 atom stereocenters. The van der Waals surface area contributed by atoms with Crippen molar-refractivity contribution in [2.75, 3.05) is 41.2 Å². The summed E-state index contributed by atoms with van der Waals surface area (Å²) >= 11 is 0. The quantitative estimate of drug-likeness (QED) is 0.320. The predicted octanol–water partition coefficient (Wildman–Crippen LogP) is 0.979. The molecule has 1 unspecified atom stereocenters. The van der Waals surface area contributed by atoms with Crippen molar-refractivity contribution in [1.29, 1.82) is 0 Å². The molecule has 0 saturated carbocycles. The van der Waals surface area contributed by atoms with Gasteiger partial charge in [0.05, 0.1) is 13.2 Å². The predicted molar refractivity (Wildman–Crippen MR) is 57.9 cm³/mol. The molecule has 0 aromatic rings. The first kappa shape index (κ1) is 13.9. The van der Waals surface area contributed by atoms with Crippen molar-refractivity contribution in [3.63, 3.8) is 0 Å². The van der Waals surface area contributed by atoms with Gasteiger partial charge in [-0.15, -0.1) is 0 Å². The van der Waals surface area contributed by atoms with Gasteiger partial charge in [0.15, 0.2) is 5.79 Å². The Balaban J connectivity index is 2.09. The van der Waals surface area contributed by atoms with Crippen LogP contribution in [-0.2, 0) is 23.7 Å². The van der Waals surface area contributed by atoms with Gasteiger partial charge in [-0.05, 0) is 6.42 Å². The molecule has 0 aromatic heterocycles. The molecule has 1 aliphatic rings. The molecular weight excluding hydrogens is 212 g/mol. The van der Waals surface area contributed by atoms with Crippen LogP contribution in [-0.4, -0.2) is 53.0 Å². The van der Waals surface area contributed by atoms with E-state index >= 15 is 0 Å². The molecule has 5 nitrogen and oxygen atoms in total. The number of ether oxygens (including phenoxy) is 5. The first-order valence-electron chi connectivity index (χ1n) is 5.43. The number of rotatable bonds is 10. The maximum atomic E-state index is 5.43. The van der Waals surface area contributed by atoms with Crippen molar-refractivity contribution in [3.05, 3.63) is 6.61 Å². The lowest BCUT2D eigenvalue weighted by Gasteiger charge is -2.29. The minimum atomic E-state index is -0.770.